The molecule has 2 atom stereocenters. The van der Waals surface area contributed by atoms with Crippen LogP contribution >= 0.6 is 0 Å². The lowest BCUT2D eigenvalue weighted by atomic mass is 9.66. The molecule has 0 aromatic carbocycles. The molecule has 2 unspecified atom stereocenters. The molecular formula is C14H26O. The summed E-state index contributed by atoms with van der Waals surface area (Å²) in [5, 5.41) is 0. The predicted molar refractivity (Wildman–Crippen MR) is 64.8 cm³/mol. The molecule has 0 radical (unpaired) electrons. The maximum atomic E-state index is 11.9. The Hall–Kier alpha value is -0.330. The van der Waals surface area contributed by atoms with Gasteiger partial charge in [0, 0.05) is 12.3 Å². The van der Waals surface area contributed by atoms with Crippen molar-refractivity contribution in [2.45, 2.75) is 66.2 Å². The minimum absolute atomic E-state index is 0.224. The number of ketones is 1. The third kappa shape index (κ3) is 3.32. The number of carbonyl (C=O) groups is 1. The van der Waals surface area contributed by atoms with E-state index in [1.165, 1.54) is 19.3 Å². The highest BCUT2D eigenvalue weighted by Gasteiger charge is 2.37. The fourth-order valence-corrected chi connectivity index (χ4v) is 2.78. The van der Waals surface area contributed by atoms with Crippen LogP contribution in [0.4, 0.5) is 0 Å². The van der Waals surface area contributed by atoms with E-state index in [0.717, 1.165) is 25.2 Å². The minimum atomic E-state index is 0.224. The Balaban J connectivity index is 2.62. The van der Waals surface area contributed by atoms with E-state index in [1.54, 1.807) is 0 Å². The van der Waals surface area contributed by atoms with Gasteiger partial charge in [0.1, 0.15) is 5.78 Å². The van der Waals surface area contributed by atoms with Crippen molar-refractivity contribution < 1.29 is 4.79 Å². The molecule has 1 heteroatoms. The molecular weight excluding hydrogens is 184 g/mol. The van der Waals surface area contributed by atoms with Crippen LogP contribution in [-0.2, 0) is 4.79 Å². The number of carbonyl (C=O) groups excluding carboxylic acids is 1. The van der Waals surface area contributed by atoms with Crippen molar-refractivity contribution in [3.05, 3.63) is 0 Å². The zero-order valence-corrected chi connectivity index (χ0v) is 10.8. The van der Waals surface area contributed by atoms with Gasteiger partial charge in [-0.15, -0.1) is 0 Å². The van der Waals surface area contributed by atoms with Crippen molar-refractivity contribution >= 4 is 5.78 Å². The van der Waals surface area contributed by atoms with Crippen molar-refractivity contribution in [3.63, 3.8) is 0 Å². The smallest absolute Gasteiger partial charge is 0.136 e. The van der Waals surface area contributed by atoms with E-state index in [0.29, 0.717) is 11.7 Å². The molecule has 0 spiro atoms. The van der Waals surface area contributed by atoms with Gasteiger partial charge in [-0.1, -0.05) is 40.5 Å². The second-order valence-corrected chi connectivity index (χ2v) is 5.99. The fourth-order valence-electron chi connectivity index (χ4n) is 2.78. The maximum absolute atomic E-state index is 11.9. The predicted octanol–water partition coefficient (Wildman–Crippen LogP) is 4.21. The van der Waals surface area contributed by atoms with Crippen molar-refractivity contribution in [2.75, 3.05) is 0 Å². The molecule has 0 aromatic heterocycles. The lowest BCUT2D eigenvalue weighted by molar-refractivity contribution is -0.130. The SMILES string of the molecule is CCCCC(C)(C)C1CC(C)CCC1=O. The standard InChI is InChI=1S/C14H26O/c1-5-6-9-14(3,4)12-10-11(2)7-8-13(12)15/h11-12H,5-10H2,1-4H3. The first-order valence-corrected chi connectivity index (χ1v) is 6.50. The van der Waals surface area contributed by atoms with Crippen LogP contribution < -0.4 is 0 Å². The summed E-state index contributed by atoms with van der Waals surface area (Å²) < 4.78 is 0. The van der Waals surface area contributed by atoms with Gasteiger partial charge in [-0.25, -0.2) is 0 Å². The minimum Gasteiger partial charge on any atom is -0.299 e. The highest BCUT2D eigenvalue weighted by atomic mass is 16.1. The Bertz CT molecular complexity index is 217. The van der Waals surface area contributed by atoms with E-state index in [2.05, 4.69) is 27.7 Å². The van der Waals surface area contributed by atoms with E-state index in [1.807, 2.05) is 0 Å². The second-order valence-electron chi connectivity index (χ2n) is 5.99. The molecule has 1 rings (SSSR count). The van der Waals surface area contributed by atoms with Crippen LogP contribution in [0.3, 0.4) is 0 Å². The van der Waals surface area contributed by atoms with Crippen LogP contribution in [0, 0.1) is 17.3 Å². The molecule has 1 aliphatic rings. The van der Waals surface area contributed by atoms with Crippen LogP contribution in [-0.4, -0.2) is 5.78 Å². The molecule has 0 N–H and O–H groups in total. The molecule has 0 amide bonds. The Kier molecular flexibility index (Phi) is 4.36. The third-order valence-corrected chi connectivity index (χ3v) is 4.03. The number of hydrogen-bond donors (Lipinski definition) is 0. The summed E-state index contributed by atoms with van der Waals surface area (Å²) >= 11 is 0. The first kappa shape index (κ1) is 12.7. The zero-order valence-electron chi connectivity index (χ0n) is 10.8. The molecule has 0 aliphatic heterocycles. The molecule has 0 aromatic rings. The van der Waals surface area contributed by atoms with Crippen molar-refractivity contribution in [1.29, 1.82) is 0 Å². The summed E-state index contributed by atoms with van der Waals surface area (Å²) in [5.41, 5.74) is 0.224. The van der Waals surface area contributed by atoms with Gasteiger partial charge in [0.15, 0.2) is 0 Å². The topological polar surface area (TPSA) is 17.1 Å². The van der Waals surface area contributed by atoms with Crippen molar-refractivity contribution in [1.82, 2.24) is 0 Å². The monoisotopic (exact) mass is 210 g/mol. The first-order chi connectivity index (χ1) is 6.97. The van der Waals surface area contributed by atoms with Gasteiger partial charge in [0.05, 0.1) is 0 Å². The average Bonchev–Trinajstić information content (AvgIpc) is 2.18. The van der Waals surface area contributed by atoms with Crippen LogP contribution in [0.1, 0.15) is 66.2 Å². The summed E-state index contributed by atoms with van der Waals surface area (Å²) in [7, 11) is 0. The number of Topliss-reactive ketones (excluding diaryl/α,β-unsaturated/α-hetero) is 1. The Morgan fingerprint density at radius 1 is 1.40 bits per heavy atom. The summed E-state index contributed by atoms with van der Waals surface area (Å²) in [6.45, 7) is 9.07. The number of unbranched alkanes of at least 4 members (excludes halogenated alkanes) is 1. The molecule has 0 bridgehead atoms. The normalized spacial score (nSPS) is 28.1. The van der Waals surface area contributed by atoms with Gasteiger partial charge >= 0.3 is 0 Å². The number of rotatable bonds is 4. The summed E-state index contributed by atoms with van der Waals surface area (Å²) in [6.07, 6.45) is 6.74. The van der Waals surface area contributed by atoms with Crippen LogP contribution in [0.2, 0.25) is 0 Å². The highest BCUT2D eigenvalue weighted by Crippen LogP contribution is 2.41. The molecule has 1 nitrogen and oxygen atoms in total. The third-order valence-electron chi connectivity index (χ3n) is 4.03. The summed E-state index contributed by atoms with van der Waals surface area (Å²) in [6, 6.07) is 0. The average molecular weight is 210 g/mol. The zero-order chi connectivity index (χ0) is 11.5. The van der Waals surface area contributed by atoms with E-state index in [4.69, 9.17) is 0 Å². The molecule has 15 heavy (non-hydrogen) atoms. The lowest BCUT2D eigenvalue weighted by Crippen LogP contribution is -2.35. The Labute approximate surface area is 94.6 Å². The van der Waals surface area contributed by atoms with E-state index < -0.39 is 0 Å². The van der Waals surface area contributed by atoms with Gasteiger partial charge < -0.3 is 0 Å². The van der Waals surface area contributed by atoms with Crippen LogP contribution in [0.15, 0.2) is 0 Å². The molecule has 1 fully saturated rings. The van der Waals surface area contributed by atoms with E-state index in [9.17, 15) is 4.79 Å². The lowest BCUT2D eigenvalue weighted by Gasteiger charge is -2.38. The first-order valence-electron chi connectivity index (χ1n) is 6.50. The quantitative estimate of drug-likeness (QED) is 0.679. The molecule has 1 aliphatic carbocycles. The number of hydrogen-bond acceptors (Lipinski definition) is 1. The fraction of sp³-hybridized carbons (Fsp3) is 0.929. The van der Waals surface area contributed by atoms with Crippen LogP contribution in [0.5, 0.6) is 0 Å². The molecule has 0 saturated heterocycles. The molecule has 1 saturated carbocycles. The van der Waals surface area contributed by atoms with Gasteiger partial charge in [0.25, 0.3) is 0 Å². The summed E-state index contributed by atoms with van der Waals surface area (Å²) in [4.78, 5) is 11.9. The molecule has 0 heterocycles. The van der Waals surface area contributed by atoms with Crippen LogP contribution in [0.25, 0.3) is 0 Å². The maximum Gasteiger partial charge on any atom is 0.136 e. The molecule has 88 valence electrons. The van der Waals surface area contributed by atoms with E-state index >= 15 is 0 Å². The van der Waals surface area contributed by atoms with E-state index in [-0.39, 0.29) is 5.41 Å². The van der Waals surface area contributed by atoms with Gasteiger partial charge in [0.2, 0.25) is 0 Å². The Morgan fingerprint density at radius 3 is 2.67 bits per heavy atom. The van der Waals surface area contributed by atoms with Gasteiger partial charge in [-0.3, -0.25) is 4.79 Å². The van der Waals surface area contributed by atoms with Gasteiger partial charge in [-0.2, -0.15) is 0 Å². The highest BCUT2D eigenvalue weighted by molar-refractivity contribution is 5.82. The largest absolute Gasteiger partial charge is 0.299 e. The van der Waals surface area contributed by atoms with Gasteiger partial charge in [-0.05, 0) is 30.6 Å². The second kappa shape index (κ2) is 5.14. The van der Waals surface area contributed by atoms with Crippen molar-refractivity contribution in [2.24, 2.45) is 17.3 Å². The summed E-state index contributed by atoms with van der Waals surface area (Å²) in [5.74, 6) is 1.59. The Morgan fingerprint density at radius 2 is 2.07 bits per heavy atom. The van der Waals surface area contributed by atoms with Crippen molar-refractivity contribution in [3.8, 4) is 0 Å².